The molecule has 28 heavy (non-hydrogen) atoms. The number of hydrogen-bond acceptors (Lipinski definition) is 6. The molecule has 1 fully saturated rings. The maximum atomic E-state index is 4.61. The molecule has 4 aromatic rings. The van der Waals surface area contributed by atoms with Gasteiger partial charge in [0.05, 0.1) is 17.6 Å². The van der Waals surface area contributed by atoms with Crippen molar-refractivity contribution in [1.29, 1.82) is 0 Å². The van der Waals surface area contributed by atoms with E-state index in [2.05, 4.69) is 42.3 Å². The van der Waals surface area contributed by atoms with Crippen LogP contribution in [0.3, 0.4) is 0 Å². The van der Waals surface area contributed by atoms with Crippen molar-refractivity contribution in [3.63, 3.8) is 0 Å². The van der Waals surface area contributed by atoms with Gasteiger partial charge in [-0.05, 0) is 36.6 Å². The summed E-state index contributed by atoms with van der Waals surface area (Å²) in [5.41, 5.74) is 3.80. The van der Waals surface area contributed by atoms with Crippen molar-refractivity contribution in [3.8, 4) is 11.4 Å². The van der Waals surface area contributed by atoms with Crippen LogP contribution in [0.15, 0.2) is 61.3 Å². The first kappa shape index (κ1) is 16.7. The lowest BCUT2D eigenvalue weighted by Gasteiger charge is -2.16. The van der Waals surface area contributed by atoms with Gasteiger partial charge in [-0.2, -0.15) is 0 Å². The van der Waals surface area contributed by atoms with Crippen LogP contribution in [0.5, 0.6) is 0 Å². The zero-order valence-corrected chi connectivity index (χ0v) is 15.5. The number of nitrogens with zero attached hydrogens (tertiary/aromatic N) is 6. The predicted octanol–water partition coefficient (Wildman–Crippen LogP) is 3.40. The summed E-state index contributed by atoms with van der Waals surface area (Å²) in [4.78, 5) is 20.1. The molecular weight excluding hydrogens is 350 g/mol. The van der Waals surface area contributed by atoms with Crippen LogP contribution in [0.4, 0.5) is 11.6 Å². The second-order valence-corrected chi connectivity index (χ2v) is 6.93. The van der Waals surface area contributed by atoms with E-state index in [0.29, 0.717) is 6.54 Å². The lowest BCUT2D eigenvalue weighted by atomic mass is 10.2. The largest absolute Gasteiger partial charge is 0.366 e. The van der Waals surface area contributed by atoms with Crippen LogP contribution in [0, 0.1) is 0 Å². The fraction of sp³-hybridized carbons (Fsp3) is 0.238. The minimum atomic E-state index is 0.664. The third kappa shape index (κ3) is 3.26. The molecule has 1 saturated heterocycles. The normalized spacial score (nSPS) is 13.9. The van der Waals surface area contributed by atoms with E-state index in [1.807, 2.05) is 47.3 Å². The first-order valence-electron chi connectivity index (χ1n) is 9.55. The number of anilines is 2. The quantitative estimate of drug-likeness (QED) is 0.580. The van der Waals surface area contributed by atoms with Crippen molar-refractivity contribution in [1.82, 2.24) is 24.3 Å². The van der Waals surface area contributed by atoms with E-state index in [9.17, 15) is 0 Å². The van der Waals surface area contributed by atoms with Crippen LogP contribution in [0.1, 0.15) is 18.4 Å². The monoisotopic (exact) mass is 371 g/mol. The average molecular weight is 371 g/mol. The van der Waals surface area contributed by atoms with Crippen LogP contribution in [0.2, 0.25) is 0 Å². The molecule has 0 radical (unpaired) electrons. The molecule has 0 spiro atoms. The molecule has 7 heteroatoms. The molecule has 4 aromatic heterocycles. The summed E-state index contributed by atoms with van der Waals surface area (Å²) in [6.45, 7) is 2.88. The van der Waals surface area contributed by atoms with Crippen molar-refractivity contribution in [2.45, 2.75) is 19.4 Å². The number of nitrogens with one attached hydrogen (secondary N) is 1. The summed E-state index contributed by atoms with van der Waals surface area (Å²) in [5.74, 6) is 1.85. The SMILES string of the molecule is c1ccn2c(-c3cc(NCc4ccc(N5CCCC5)nc4)ncn3)cnc2c1. The number of fused-ring (bicyclic) bond motifs is 1. The van der Waals surface area contributed by atoms with Crippen LogP contribution >= 0.6 is 0 Å². The molecule has 7 nitrogen and oxygen atoms in total. The Hall–Kier alpha value is -3.48. The Kier molecular flexibility index (Phi) is 4.33. The molecule has 0 aliphatic carbocycles. The lowest BCUT2D eigenvalue weighted by Crippen LogP contribution is -2.18. The van der Waals surface area contributed by atoms with E-state index >= 15 is 0 Å². The second kappa shape index (κ2) is 7.26. The Bertz CT molecular complexity index is 1080. The zero-order valence-electron chi connectivity index (χ0n) is 15.5. The van der Waals surface area contributed by atoms with Crippen LogP contribution in [-0.4, -0.2) is 37.4 Å². The van der Waals surface area contributed by atoms with Crippen molar-refractivity contribution in [3.05, 3.63) is 66.9 Å². The highest BCUT2D eigenvalue weighted by Crippen LogP contribution is 2.21. The summed E-state index contributed by atoms with van der Waals surface area (Å²) in [7, 11) is 0. The van der Waals surface area contributed by atoms with Crippen LogP contribution in [-0.2, 0) is 6.54 Å². The van der Waals surface area contributed by atoms with Crippen molar-refractivity contribution < 1.29 is 0 Å². The smallest absolute Gasteiger partial charge is 0.137 e. The Morgan fingerprint density at radius 3 is 2.71 bits per heavy atom. The van der Waals surface area contributed by atoms with Gasteiger partial charge in [0.15, 0.2) is 0 Å². The third-order valence-corrected chi connectivity index (χ3v) is 5.06. The first-order chi connectivity index (χ1) is 13.9. The Morgan fingerprint density at radius 1 is 0.929 bits per heavy atom. The third-order valence-electron chi connectivity index (χ3n) is 5.06. The molecule has 1 N–H and O–H groups in total. The zero-order chi connectivity index (χ0) is 18.8. The number of hydrogen-bond donors (Lipinski definition) is 1. The summed E-state index contributed by atoms with van der Waals surface area (Å²) < 4.78 is 2.02. The maximum Gasteiger partial charge on any atom is 0.137 e. The lowest BCUT2D eigenvalue weighted by molar-refractivity contribution is 0.931. The van der Waals surface area contributed by atoms with E-state index in [1.54, 1.807) is 6.33 Å². The van der Waals surface area contributed by atoms with Crippen molar-refractivity contribution in [2.24, 2.45) is 0 Å². The molecule has 1 aliphatic heterocycles. The van der Waals surface area contributed by atoms with E-state index < -0.39 is 0 Å². The van der Waals surface area contributed by atoms with Gasteiger partial charge in [-0.15, -0.1) is 0 Å². The second-order valence-electron chi connectivity index (χ2n) is 6.93. The van der Waals surface area contributed by atoms with Gasteiger partial charge in [0, 0.05) is 38.1 Å². The fourth-order valence-corrected chi connectivity index (χ4v) is 3.56. The topological polar surface area (TPSA) is 71.2 Å². The van der Waals surface area contributed by atoms with Gasteiger partial charge in [0.1, 0.15) is 23.6 Å². The van der Waals surface area contributed by atoms with Gasteiger partial charge >= 0.3 is 0 Å². The number of imidazole rings is 1. The molecule has 5 rings (SSSR count). The minimum absolute atomic E-state index is 0.664. The molecule has 1 aliphatic rings. The number of rotatable bonds is 5. The Labute approximate surface area is 163 Å². The van der Waals surface area contributed by atoms with Gasteiger partial charge < -0.3 is 10.2 Å². The Morgan fingerprint density at radius 2 is 1.86 bits per heavy atom. The average Bonchev–Trinajstić information content (AvgIpc) is 3.43. The molecular formula is C21H21N7. The molecule has 5 heterocycles. The fourth-order valence-electron chi connectivity index (χ4n) is 3.56. The molecule has 140 valence electrons. The highest BCUT2D eigenvalue weighted by Gasteiger charge is 2.13. The first-order valence-corrected chi connectivity index (χ1v) is 9.55. The molecule has 0 amide bonds. The van der Waals surface area contributed by atoms with Gasteiger partial charge in [-0.25, -0.2) is 19.9 Å². The molecule has 0 atom stereocenters. The molecule has 0 bridgehead atoms. The van der Waals surface area contributed by atoms with Crippen molar-refractivity contribution in [2.75, 3.05) is 23.3 Å². The van der Waals surface area contributed by atoms with Gasteiger partial charge in [0.25, 0.3) is 0 Å². The van der Waals surface area contributed by atoms with Gasteiger partial charge in [-0.1, -0.05) is 12.1 Å². The van der Waals surface area contributed by atoms with E-state index in [0.717, 1.165) is 47.3 Å². The van der Waals surface area contributed by atoms with E-state index in [-0.39, 0.29) is 0 Å². The molecule has 0 aromatic carbocycles. The molecule has 0 saturated carbocycles. The number of aromatic nitrogens is 5. The predicted molar refractivity (Wildman–Crippen MR) is 109 cm³/mol. The molecule has 0 unspecified atom stereocenters. The minimum Gasteiger partial charge on any atom is -0.366 e. The number of pyridine rings is 2. The summed E-state index contributed by atoms with van der Waals surface area (Å²) in [6, 6.07) is 12.1. The van der Waals surface area contributed by atoms with Gasteiger partial charge in [-0.3, -0.25) is 4.40 Å². The summed E-state index contributed by atoms with van der Waals surface area (Å²) in [5, 5.41) is 3.37. The van der Waals surface area contributed by atoms with E-state index in [4.69, 9.17) is 0 Å². The van der Waals surface area contributed by atoms with Crippen molar-refractivity contribution >= 4 is 17.3 Å². The van der Waals surface area contributed by atoms with Crippen LogP contribution < -0.4 is 10.2 Å². The standard InChI is InChI=1S/C21H21N7/c1-2-10-28-18(14-24-21(28)5-1)17-11-19(26-15-25-17)22-12-16-6-7-20(23-13-16)27-8-3-4-9-27/h1-2,5-7,10-11,13-15H,3-4,8-9,12H2,(H,22,25,26). The summed E-state index contributed by atoms with van der Waals surface area (Å²) >= 11 is 0. The van der Waals surface area contributed by atoms with Crippen LogP contribution in [0.25, 0.3) is 17.0 Å². The summed E-state index contributed by atoms with van der Waals surface area (Å²) in [6.07, 6.45) is 9.85. The maximum absolute atomic E-state index is 4.61. The van der Waals surface area contributed by atoms with E-state index in [1.165, 1.54) is 12.8 Å². The highest BCUT2D eigenvalue weighted by molar-refractivity contribution is 5.62. The van der Waals surface area contributed by atoms with Gasteiger partial charge in [0.2, 0.25) is 0 Å². The Balaban J connectivity index is 1.30. The highest BCUT2D eigenvalue weighted by atomic mass is 15.2.